The first-order valence-corrected chi connectivity index (χ1v) is 20.6. The number of alkyl halides is 3. The normalized spacial score (nSPS) is 15.2. The highest BCUT2D eigenvalue weighted by Gasteiger charge is 2.59. The average molecular weight is 926 g/mol. The number of isothiocyanates is 1. The van der Waals surface area contributed by atoms with Gasteiger partial charge in [0.15, 0.2) is 10.8 Å². The zero-order valence-electron chi connectivity index (χ0n) is 35.7. The largest absolute Gasteiger partial charge is 0.417 e. The first kappa shape index (κ1) is 48.9. The van der Waals surface area contributed by atoms with E-state index in [1.807, 2.05) is 12.1 Å². The summed E-state index contributed by atoms with van der Waals surface area (Å²) in [6.07, 6.45) is 0.0581. The number of aliphatic imine (C=N–C) groups is 1. The Labute approximate surface area is 383 Å². The lowest BCUT2D eigenvalue weighted by Gasteiger charge is -2.43. The minimum absolute atomic E-state index is 0.0244. The highest BCUT2D eigenvalue weighted by molar-refractivity contribution is 7.81. The minimum Gasteiger partial charge on any atom is -0.367 e. The molecule has 2 aliphatic carbocycles. The van der Waals surface area contributed by atoms with Gasteiger partial charge in [-0.15, -0.1) is 0 Å². The fourth-order valence-electron chi connectivity index (χ4n) is 7.23. The van der Waals surface area contributed by atoms with Crippen LogP contribution < -0.4 is 15.1 Å². The van der Waals surface area contributed by atoms with E-state index < -0.39 is 45.9 Å². The number of nitrogens with zero attached hydrogens (tertiary/aromatic N) is 8. The topological polar surface area (TPSA) is 140 Å². The van der Waals surface area contributed by atoms with Crippen molar-refractivity contribution in [3.63, 3.8) is 0 Å². The van der Waals surface area contributed by atoms with Crippen molar-refractivity contribution in [3.8, 4) is 12.1 Å². The van der Waals surface area contributed by atoms with Crippen LogP contribution in [0, 0.1) is 47.8 Å². The van der Waals surface area contributed by atoms with Gasteiger partial charge in [0.1, 0.15) is 22.7 Å². The van der Waals surface area contributed by atoms with Crippen molar-refractivity contribution in [2.75, 3.05) is 43.3 Å². The minimum atomic E-state index is -4.57. The summed E-state index contributed by atoms with van der Waals surface area (Å²) >= 11 is 9.97. The number of hydrogen-bond donors (Lipinski definition) is 1. The van der Waals surface area contributed by atoms with E-state index in [2.05, 4.69) is 33.4 Å². The highest BCUT2D eigenvalue weighted by atomic mass is 32.1. The number of anilines is 3. The summed E-state index contributed by atoms with van der Waals surface area (Å²) in [5.41, 5.74) is -0.00134. The van der Waals surface area contributed by atoms with Crippen LogP contribution in [0.25, 0.3) is 4.85 Å². The van der Waals surface area contributed by atoms with Gasteiger partial charge in [-0.2, -0.15) is 28.7 Å². The van der Waals surface area contributed by atoms with Crippen LogP contribution in [0.2, 0.25) is 0 Å². The van der Waals surface area contributed by atoms with Crippen LogP contribution in [-0.4, -0.2) is 77.1 Å². The predicted molar refractivity (Wildman–Crippen MR) is 242 cm³/mol. The third-order valence-electron chi connectivity index (χ3n) is 11.0. The van der Waals surface area contributed by atoms with Crippen molar-refractivity contribution in [3.05, 3.63) is 124 Å². The van der Waals surface area contributed by atoms with E-state index >= 15 is 0 Å². The van der Waals surface area contributed by atoms with E-state index in [4.69, 9.17) is 29.3 Å². The van der Waals surface area contributed by atoms with Gasteiger partial charge < -0.3 is 20.0 Å². The molecule has 3 amide bonds. The Morgan fingerprint density at radius 1 is 0.862 bits per heavy atom. The van der Waals surface area contributed by atoms with E-state index in [0.29, 0.717) is 35.6 Å². The number of amides is 3. The van der Waals surface area contributed by atoms with Crippen molar-refractivity contribution in [2.24, 2.45) is 4.99 Å². The second-order valence-corrected chi connectivity index (χ2v) is 16.2. The van der Waals surface area contributed by atoms with Crippen molar-refractivity contribution >= 4 is 80.9 Å². The fraction of sp³-hybridized carbons (Fsp3) is 0.304. The summed E-state index contributed by atoms with van der Waals surface area (Å²) in [5, 5.41) is 22.9. The van der Waals surface area contributed by atoms with Crippen LogP contribution >= 0.6 is 24.4 Å². The zero-order chi connectivity index (χ0) is 48.0. The number of halogens is 5. The maximum atomic E-state index is 14.8. The van der Waals surface area contributed by atoms with Crippen LogP contribution in [0.5, 0.6) is 0 Å². The molecule has 0 atom stereocenters. The molecule has 1 N–H and O–H groups in total. The molecule has 65 heavy (non-hydrogen) atoms. The van der Waals surface area contributed by atoms with Gasteiger partial charge in [0.2, 0.25) is 0 Å². The van der Waals surface area contributed by atoms with Crippen LogP contribution in [0.4, 0.5) is 50.4 Å². The fourth-order valence-corrected chi connectivity index (χ4v) is 7.81. The zero-order valence-corrected chi connectivity index (χ0v) is 37.3. The van der Waals surface area contributed by atoms with E-state index in [1.165, 1.54) is 51.1 Å². The van der Waals surface area contributed by atoms with E-state index in [1.54, 1.807) is 63.4 Å². The molecule has 2 saturated carbocycles. The molecule has 0 bridgehead atoms. The lowest BCUT2D eigenvalue weighted by atomic mass is 9.75. The third-order valence-corrected chi connectivity index (χ3v) is 11.5. The molecule has 7 rings (SSSR count). The molecule has 3 fully saturated rings. The highest BCUT2D eigenvalue weighted by Crippen LogP contribution is 2.48. The van der Waals surface area contributed by atoms with Crippen molar-refractivity contribution in [2.45, 2.75) is 62.7 Å². The maximum Gasteiger partial charge on any atom is 0.417 e. The monoisotopic (exact) mass is 925 g/mol. The molecule has 4 aromatic rings. The van der Waals surface area contributed by atoms with Gasteiger partial charge in [-0.1, -0.05) is 6.07 Å². The molecular formula is C46H40F5N9O3S2. The number of thiocarbonyl (C=S) groups is 2. The number of benzene rings is 4. The van der Waals surface area contributed by atoms with Gasteiger partial charge >= 0.3 is 6.18 Å². The Balaban J connectivity index is 0.000000199. The molecular weight excluding hydrogens is 886 g/mol. The van der Waals surface area contributed by atoms with Gasteiger partial charge in [-0.3, -0.25) is 19.3 Å². The quantitative estimate of drug-likeness (QED) is 0.0830. The summed E-state index contributed by atoms with van der Waals surface area (Å²) in [6, 6.07) is 20.6. The number of rotatable bonds is 7. The molecule has 334 valence electrons. The second kappa shape index (κ2) is 19.7. The smallest absolute Gasteiger partial charge is 0.367 e. The maximum absolute atomic E-state index is 14.8. The Bertz CT molecular complexity index is 2740. The molecule has 12 nitrogen and oxygen atoms in total. The van der Waals surface area contributed by atoms with Crippen LogP contribution in [0.3, 0.4) is 0 Å². The van der Waals surface area contributed by atoms with Gasteiger partial charge in [0.05, 0.1) is 51.8 Å². The van der Waals surface area contributed by atoms with Gasteiger partial charge in [0.25, 0.3) is 17.7 Å². The molecule has 0 radical (unpaired) electrons. The Kier molecular flexibility index (Phi) is 14.9. The molecule has 3 aliphatic rings. The molecule has 19 heteroatoms. The molecule has 0 aromatic heterocycles. The Morgan fingerprint density at radius 2 is 1.45 bits per heavy atom. The number of aryl methyl sites for hydroxylation is 1. The molecule has 1 heterocycles. The molecule has 1 aliphatic heterocycles. The predicted octanol–water partition coefficient (Wildman–Crippen LogP) is 10.1. The van der Waals surface area contributed by atoms with Crippen molar-refractivity contribution in [1.82, 2.24) is 9.80 Å². The molecule has 1 spiro atoms. The second-order valence-electron chi connectivity index (χ2n) is 15.7. The van der Waals surface area contributed by atoms with Gasteiger partial charge in [0, 0.05) is 45.3 Å². The number of nitriles is 2. The summed E-state index contributed by atoms with van der Waals surface area (Å²) in [6.45, 7) is 9.04. The molecule has 4 aromatic carbocycles. The lowest BCUT2D eigenvalue weighted by molar-refractivity contribution is -0.137. The summed E-state index contributed by atoms with van der Waals surface area (Å²) in [7, 11) is 6.28. The first-order valence-electron chi connectivity index (χ1n) is 19.8. The summed E-state index contributed by atoms with van der Waals surface area (Å²) in [4.78, 5) is 50.1. The van der Waals surface area contributed by atoms with Crippen LogP contribution in [0.15, 0.2) is 77.8 Å². The van der Waals surface area contributed by atoms with E-state index in [-0.39, 0.29) is 33.7 Å². The van der Waals surface area contributed by atoms with Crippen molar-refractivity contribution < 1.29 is 36.3 Å². The van der Waals surface area contributed by atoms with Gasteiger partial charge in [-0.25, -0.2) is 13.6 Å². The number of carbonyl (C=O) groups excluding carboxylic acids is 3. The van der Waals surface area contributed by atoms with Crippen molar-refractivity contribution in [1.29, 1.82) is 10.5 Å². The molecule has 1 saturated heterocycles. The van der Waals surface area contributed by atoms with E-state index in [0.717, 1.165) is 43.4 Å². The average Bonchev–Trinajstić information content (AvgIpc) is 3.48. The van der Waals surface area contributed by atoms with E-state index in [9.17, 15) is 36.3 Å². The number of hydrogen-bond acceptors (Lipinski definition) is 9. The number of carbonyl (C=O) groups is 3. The lowest BCUT2D eigenvalue weighted by Crippen LogP contribution is -2.55. The Hall–Kier alpha value is -7.10. The van der Waals surface area contributed by atoms with Gasteiger partial charge in [-0.05, 0) is 142 Å². The first-order chi connectivity index (χ1) is 30.7. The third kappa shape index (κ3) is 10.2. The van der Waals surface area contributed by atoms with Crippen LogP contribution in [-0.2, 0) is 11.0 Å². The molecule has 0 unspecified atom stereocenters. The van der Waals surface area contributed by atoms with Crippen LogP contribution in [0.1, 0.15) is 75.9 Å². The number of nitrogens with one attached hydrogen (secondary N) is 1. The summed E-state index contributed by atoms with van der Waals surface area (Å²) in [5.74, 6) is -2.18. The SMILES string of the molecule is CN(C)C(=O)c1ccc(NC2(C#N)CCC2)cc1F.N#Cc1ccc(N=C=S)cc1C(F)(F)F.[C-]#[N+]c1ccc(N2C(=O)C3(CCC3)N(c3ccc(C(=O)N(C)C)c(F)c3)C2=S)cc1C. The Morgan fingerprint density at radius 3 is 1.89 bits per heavy atom. The summed E-state index contributed by atoms with van der Waals surface area (Å²) < 4.78 is 66.0. The standard InChI is InChI=1S/C23H21FN4O2S.C14H16FN3O.C9H3F3N2S/c1-14-12-15(7-9-19(14)25-2)27-21(30)23(10-5-11-23)28(22(27)31)16-6-8-17(18(24)13-16)20(29)26(3)4;1-18(2)13(19)11-5-4-10(8-12(11)15)17-14(9-16)6-3-7-14;10-9(11,12)8-3-7(14-5-15)2-1-6(8)4-13/h6-9,12-13H,5,10-11H2,1,3-4H3;4-5,8,17H,3,6-7H2,1-2H3;1-3H.